The second-order valence-corrected chi connectivity index (χ2v) is 7.87. The molecule has 1 fully saturated rings. The lowest BCUT2D eigenvalue weighted by Crippen LogP contribution is -2.19. The second-order valence-electron chi connectivity index (χ2n) is 7.87. The molecular formula is C23H21F4N5O3. The van der Waals surface area contributed by atoms with Crippen molar-refractivity contribution in [1.82, 2.24) is 14.8 Å². The van der Waals surface area contributed by atoms with E-state index in [0.717, 1.165) is 24.3 Å². The third-order valence-corrected chi connectivity index (χ3v) is 5.60. The van der Waals surface area contributed by atoms with Crippen molar-refractivity contribution in [3.8, 4) is 17.0 Å². The molecule has 1 amide bonds. The van der Waals surface area contributed by atoms with E-state index >= 15 is 0 Å². The zero-order valence-electron chi connectivity index (χ0n) is 18.7. The number of aryl methyl sites for hydroxylation is 1. The Bertz CT molecular complexity index is 1270. The number of amides is 1. The Morgan fingerprint density at radius 3 is 2.63 bits per heavy atom. The number of benzene rings is 1. The SMILES string of the molecule is COc1cc(F)c(-c2nc(C(=O)Nc3cnn(C)c3[C@@H]3CCC(=N)[C@H](F)CO3)ccc2F)c(F)c1. The number of alkyl halides is 1. The Balaban J connectivity index is 1.63. The summed E-state index contributed by atoms with van der Waals surface area (Å²) < 4.78 is 69.2. The van der Waals surface area contributed by atoms with E-state index in [9.17, 15) is 22.4 Å². The first-order chi connectivity index (χ1) is 16.7. The van der Waals surface area contributed by atoms with Gasteiger partial charge in [0.25, 0.3) is 5.91 Å². The summed E-state index contributed by atoms with van der Waals surface area (Å²) in [6.45, 7) is -0.302. The summed E-state index contributed by atoms with van der Waals surface area (Å²) in [5.41, 5.74) is -1.12. The van der Waals surface area contributed by atoms with E-state index in [0.29, 0.717) is 12.1 Å². The van der Waals surface area contributed by atoms with Crippen LogP contribution in [0.15, 0.2) is 30.5 Å². The maximum Gasteiger partial charge on any atom is 0.274 e. The van der Waals surface area contributed by atoms with E-state index in [4.69, 9.17) is 14.9 Å². The minimum atomic E-state index is -1.51. The lowest BCUT2D eigenvalue weighted by molar-refractivity contribution is 0.0323. The van der Waals surface area contributed by atoms with E-state index in [1.165, 1.54) is 18.0 Å². The van der Waals surface area contributed by atoms with Gasteiger partial charge in [0.1, 0.15) is 40.7 Å². The summed E-state index contributed by atoms with van der Waals surface area (Å²) in [6, 6.07) is 3.71. The summed E-state index contributed by atoms with van der Waals surface area (Å²) in [5, 5.41) is 14.4. The topological polar surface area (TPSA) is 102 Å². The predicted molar refractivity (Wildman–Crippen MR) is 118 cm³/mol. The van der Waals surface area contributed by atoms with Crippen molar-refractivity contribution in [2.75, 3.05) is 19.0 Å². The van der Waals surface area contributed by atoms with Crippen molar-refractivity contribution in [1.29, 1.82) is 5.41 Å². The number of hydrogen-bond acceptors (Lipinski definition) is 6. The Morgan fingerprint density at radius 1 is 1.23 bits per heavy atom. The number of nitrogens with zero attached hydrogens (tertiary/aromatic N) is 3. The molecule has 1 aliphatic heterocycles. The number of pyridine rings is 1. The van der Waals surface area contributed by atoms with Crippen molar-refractivity contribution < 1.29 is 31.8 Å². The fourth-order valence-corrected chi connectivity index (χ4v) is 3.79. The van der Waals surface area contributed by atoms with Gasteiger partial charge in [0, 0.05) is 24.9 Å². The van der Waals surface area contributed by atoms with Crippen molar-refractivity contribution in [2.45, 2.75) is 25.1 Å². The summed E-state index contributed by atoms with van der Waals surface area (Å²) in [5.74, 6) is -4.14. The molecule has 1 saturated heterocycles. The van der Waals surface area contributed by atoms with E-state index in [1.54, 1.807) is 7.05 Å². The average Bonchev–Trinajstić information content (AvgIpc) is 3.09. The van der Waals surface area contributed by atoms with Crippen LogP contribution in [0, 0.1) is 22.9 Å². The van der Waals surface area contributed by atoms with Gasteiger partial charge in [-0.3, -0.25) is 9.48 Å². The maximum atomic E-state index is 14.5. The van der Waals surface area contributed by atoms with Crippen LogP contribution < -0.4 is 10.1 Å². The van der Waals surface area contributed by atoms with E-state index < -0.39 is 46.9 Å². The number of ether oxygens (including phenoxy) is 2. The highest BCUT2D eigenvalue weighted by Gasteiger charge is 2.29. The van der Waals surface area contributed by atoms with Gasteiger partial charge in [-0.05, 0) is 25.0 Å². The molecule has 2 atom stereocenters. The third-order valence-electron chi connectivity index (χ3n) is 5.60. The third kappa shape index (κ3) is 4.87. The van der Waals surface area contributed by atoms with Gasteiger partial charge in [0.2, 0.25) is 0 Å². The van der Waals surface area contributed by atoms with Crippen LogP contribution in [0.2, 0.25) is 0 Å². The molecule has 1 aliphatic rings. The number of anilines is 1. The Morgan fingerprint density at radius 2 is 1.94 bits per heavy atom. The minimum Gasteiger partial charge on any atom is -0.497 e. The molecule has 0 aliphatic carbocycles. The minimum absolute atomic E-state index is 0.0682. The molecule has 0 bridgehead atoms. The predicted octanol–water partition coefficient (Wildman–Crippen LogP) is 4.37. The first kappa shape index (κ1) is 24.3. The van der Waals surface area contributed by atoms with Crippen molar-refractivity contribution >= 4 is 17.3 Å². The van der Waals surface area contributed by atoms with Gasteiger partial charge in [0.05, 0.1) is 36.9 Å². The van der Waals surface area contributed by atoms with Gasteiger partial charge < -0.3 is 20.2 Å². The standard InChI is InChI=1S/C23H21F4N5O3/c1-32-22(19-6-4-16(28)15(27)10-35-19)18(9-29-32)31-23(33)17-5-3-12(24)21(30-17)20-13(25)7-11(34-2)8-14(20)26/h3,5,7-9,15,19,28H,4,6,10H2,1-2H3,(H,31,33)/t15-,19+/m1/s1. The lowest BCUT2D eigenvalue weighted by Gasteiger charge is -2.17. The molecule has 184 valence electrons. The van der Waals surface area contributed by atoms with Crippen molar-refractivity contribution in [3.63, 3.8) is 0 Å². The number of methoxy groups -OCH3 is 1. The average molecular weight is 491 g/mol. The zero-order valence-corrected chi connectivity index (χ0v) is 18.7. The zero-order chi connectivity index (χ0) is 25.3. The molecule has 2 N–H and O–H groups in total. The molecule has 0 radical (unpaired) electrons. The smallest absolute Gasteiger partial charge is 0.274 e. The van der Waals surface area contributed by atoms with Gasteiger partial charge in [-0.25, -0.2) is 22.5 Å². The molecule has 3 heterocycles. The molecule has 4 rings (SSSR count). The maximum absolute atomic E-state index is 14.5. The van der Waals surface area contributed by atoms with Crippen molar-refractivity contribution in [2.24, 2.45) is 7.05 Å². The van der Waals surface area contributed by atoms with Gasteiger partial charge >= 0.3 is 0 Å². The highest BCUT2D eigenvalue weighted by atomic mass is 19.1. The Labute approximate surface area is 197 Å². The fraction of sp³-hybridized carbons (Fsp3) is 0.304. The molecule has 0 unspecified atom stereocenters. The summed E-state index contributed by atoms with van der Waals surface area (Å²) in [7, 11) is 2.84. The number of hydrogen-bond donors (Lipinski definition) is 2. The molecule has 12 heteroatoms. The van der Waals surface area contributed by atoms with E-state index in [-0.39, 0.29) is 35.9 Å². The number of halogens is 4. The monoisotopic (exact) mass is 491 g/mol. The molecule has 1 aromatic carbocycles. The molecule has 0 spiro atoms. The number of rotatable bonds is 5. The second kappa shape index (κ2) is 9.82. The summed E-state index contributed by atoms with van der Waals surface area (Å²) >= 11 is 0. The Kier molecular flexibility index (Phi) is 6.83. The van der Waals surface area contributed by atoms with Gasteiger partial charge in [-0.15, -0.1) is 0 Å². The summed E-state index contributed by atoms with van der Waals surface area (Å²) in [4.78, 5) is 16.8. The molecule has 35 heavy (non-hydrogen) atoms. The van der Waals surface area contributed by atoms with Gasteiger partial charge in [0.15, 0.2) is 6.17 Å². The molecule has 2 aromatic heterocycles. The highest BCUT2D eigenvalue weighted by molar-refractivity contribution is 6.03. The van der Waals surface area contributed by atoms with Gasteiger partial charge in [-0.2, -0.15) is 5.10 Å². The fourth-order valence-electron chi connectivity index (χ4n) is 3.79. The van der Waals surface area contributed by atoms with Crippen LogP contribution in [-0.2, 0) is 11.8 Å². The number of aromatic nitrogens is 3. The number of carbonyl (C=O) groups excluding carboxylic acids is 1. The van der Waals surface area contributed by atoms with Crippen LogP contribution >= 0.6 is 0 Å². The molecule has 8 nitrogen and oxygen atoms in total. The van der Waals surface area contributed by atoms with Crippen LogP contribution in [0.1, 0.15) is 35.1 Å². The van der Waals surface area contributed by atoms with Gasteiger partial charge in [-0.1, -0.05) is 0 Å². The van der Waals surface area contributed by atoms with Crippen molar-refractivity contribution in [3.05, 3.63) is 59.3 Å². The van der Waals surface area contributed by atoms with Crippen LogP contribution in [0.3, 0.4) is 0 Å². The Hall–Kier alpha value is -3.80. The number of nitrogens with one attached hydrogen (secondary N) is 2. The van der Waals surface area contributed by atoms with Crippen LogP contribution in [0.5, 0.6) is 5.75 Å². The first-order valence-electron chi connectivity index (χ1n) is 10.6. The first-order valence-corrected chi connectivity index (χ1v) is 10.6. The van der Waals surface area contributed by atoms with Crippen LogP contribution in [-0.4, -0.2) is 46.3 Å². The normalized spacial score (nSPS) is 18.3. The van der Waals surface area contributed by atoms with Crippen LogP contribution in [0.25, 0.3) is 11.3 Å². The summed E-state index contributed by atoms with van der Waals surface area (Å²) in [6.07, 6.45) is -0.319. The van der Waals surface area contributed by atoms with Crippen LogP contribution in [0.4, 0.5) is 23.2 Å². The molecule has 0 saturated carbocycles. The largest absolute Gasteiger partial charge is 0.497 e. The highest BCUT2D eigenvalue weighted by Crippen LogP contribution is 2.33. The van der Waals surface area contributed by atoms with E-state index in [1.807, 2.05) is 0 Å². The molecular weight excluding hydrogens is 470 g/mol. The quantitative estimate of drug-likeness (QED) is 0.516. The number of carbonyl (C=O) groups is 1. The lowest BCUT2D eigenvalue weighted by atomic mass is 10.1. The molecule has 3 aromatic rings. The van der Waals surface area contributed by atoms with E-state index in [2.05, 4.69) is 15.4 Å².